The van der Waals surface area contributed by atoms with Gasteiger partial charge in [0.1, 0.15) is 5.82 Å². The number of nitrogens with one attached hydrogen (secondary N) is 1. The molecule has 0 spiro atoms. The van der Waals surface area contributed by atoms with Gasteiger partial charge in [-0.15, -0.1) is 0 Å². The van der Waals surface area contributed by atoms with Crippen LogP contribution in [0.3, 0.4) is 0 Å². The summed E-state index contributed by atoms with van der Waals surface area (Å²) in [6.07, 6.45) is -2.31. The number of alkyl halides is 3. The van der Waals surface area contributed by atoms with E-state index in [0.29, 0.717) is 25.6 Å². The van der Waals surface area contributed by atoms with Crippen molar-refractivity contribution >= 4 is 22.6 Å². The van der Waals surface area contributed by atoms with Crippen molar-refractivity contribution in [1.82, 2.24) is 29.4 Å². The third-order valence-corrected chi connectivity index (χ3v) is 5.35. The number of halogens is 3. The third kappa shape index (κ3) is 5.17. The molecule has 1 aliphatic rings. The van der Waals surface area contributed by atoms with Gasteiger partial charge in [-0.05, 0) is 6.92 Å². The Balaban J connectivity index is 1.67. The highest BCUT2D eigenvalue weighted by Crippen LogP contribution is 2.30. The van der Waals surface area contributed by atoms with Crippen molar-refractivity contribution in [1.29, 1.82) is 0 Å². The molecule has 0 aliphatic carbocycles. The fourth-order valence-corrected chi connectivity index (χ4v) is 3.91. The van der Waals surface area contributed by atoms with Crippen LogP contribution in [0, 0.1) is 0 Å². The van der Waals surface area contributed by atoms with Crippen molar-refractivity contribution in [3.05, 3.63) is 23.3 Å². The minimum Gasteiger partial charge on any atom is -0.357 e. The van der Waals surface area contributed by atoms with E-state index in [2.05, 4.69) is 34.6 Å². The molecule has 2 aromatic rings. The largest absolute Gasteiger partial charge is 0.435 e. The number of anilines is 1. The number of nitrogens with zero attached hydrogens (tertiary/aromatic N) is 7. The van der Waals surface area contributed by atoms with E-state index < -0.39 is 11.9 Å². The van der Waals surface area contributed by atoms with E-state index in [-0.39, 0.29) is 12.1 Å². The first-order chi connectivity index (χ1) is 13.8. The molecule has 1 aliphatic heterocycles. The molecule has 0 amide bonds. The molecular weight excluding hydrogens is 405 g/mol. The molecule has 0 aromatic carbocycles. The van der Waals surface area contributed by atoms with Crippen molar-refractivity contribution < 1.29 is 13.2 Å². The summed E-state index contributed by atoms with van der Waals surface area (Å²) in [7, 11) is 1.48. The number of guanidine groups is 1. The molecule has 3 heterocycles. The number of hydrogen-bond donors (Lipinski definition) is 1. The van der Waals surface area contributed by atoms with Gasteiger partial charge in [0.15, 0.2) is 11.7 Å². The van der Waals surface area contributed by atoms with Crippen molar-refractivity contribution in [2.75, 3.05) is 37.6 Å². The SMILES string of the molecule is CCNC(=NCc1cn(C)nc1C(F)(F)F)N1CCN(c2nc(CC)ns2)CC1. The Morgan fingerprint density at radius 2 is 1.97 bits per heavy atom. The van der Waals surface area contributed by atoms with Crippen LogP contribution in [-0.4, -0.2) is 62.7 Å². The van der Waals surface area contributed by atoms with E-state index in [1.165, 1.54) is 29.5 Å². The van der Waals surface area contributed by atoms with Gasteiger partial charge < -0.3 is 15.1 Å². The van der Waals surface area contributed by atoms with E-state index in [1.54, 1.807) is 0 Å². The number of aliphatic imine (C=N–C) groups is 1. The highest BCUT2D eigenvalue weighted by molar-refractivity contribution is 7.09. The van der Waals surface area contributed by atoms with Gasteiger partial charge in [-0.3, -0.25) is 4.68 Å². The smallest absolute Gasteiger partial charge is 0.357 e. The topological polar surface area (TPSA) is 74.5 Å². The number of hydrogen-bond acceptors (Lipinski definition) is 6. The summed E-state index contributed by atoms with van der Waals surface area (Å²) in [6.45, 7) is 7.42. The average Bonchev–Trinajstić information content (AvgIpc) is 3.31. The molecule has 1 N–H and O–H groups in total. The van der Waals surface area contributed by atoms with Gasteiger partial charge in [0.25, 0.3) is 0 Å². The summed E-state index contributed by atoms with van der Waals surface area (Å²) in [6, 6.07) is 0. The molecule has 160 valence electrons. The van der Waals surface area contributed by atoms with Gasteiger partial charge in [-0.2, -0.15) is 22.6 Å². The lowest BCUT2D eigenvalue weighted by atomic mass is 10.2. The van der Waals surface area contributed by atoms with Crippen LogP contribution >= 0.6 is 11.5 Å². The van der Waals surface area contributed by atoms with Gasteiger partial charge >= 0.3 is 6.18 Å². The summed E-state index contributed by atoms with van der Waals surface area (Å²) in [5.74, 6) is 1.45. The Morgan fingerprint density at radius 1 is 1.24 bits per heavy atom. The molecule has 0 radical (unpaired) electrons. The molecule has 0 saturated carbocycles. The zero-order valence-electron chi connectivity index (χ0n) is 16.7. The second-order valence-electron chi connectivity index (χ2n) is 6.67. The highest BCUT2D eigenvalue weighted by Gasteiger charge is 2.36. The molecule has 2 aromatic heterocycles. The second-order valence-corrected chi connectivity index (χ2v) is 7.40. The highest BCUT2D eigenvalue weighted by atomic mass is 32.1. The molecular formula is C17H25F3N8S. The predicted octanol–water partition coefficient (Wildman–Crippen LogP) is 2.14. The summed E-state index contributed by atoms with van der Waals surface area (Å²) < 4.78 is 45.0. The lowest BCUT2D eigenvalue weighted by Crippen LogP contribution is -2.52. The average molecular weight is 431 g/mol. The Morgan fingerprint density at radius 3 is 2.55 bits per heavy atom. The van der Waals surface area contributed by atoms with E-state index in [0.717, 1.165) is 30.5 Å². The van der Waals surface area contributed by atoms with E-state index in [1.807, 2.05) is 13.8 Å². The van der Waals surface area contributed by atoms with Crippen molar-refractivity contribution in [3.63, 3.8) is 0 Å². The molecule has 12 heteroatoms. The lowest BCUT2D eigenvalue weighted by molar-refractivity contribution is -0.142. The molecule has 29 heavy (non-hydrogen) atoms. The summed E-state index contributed by atoms with van der Waals surface area (Å²) in [4.78, 5) is 13.2. The predicted molar refractivity (Wildman–Crippen MR) is 106 cm³/mol. The molecule has 0 unspecified atom stereocenters. The Hall–Kier alpha value is -2.37. The van der Waals surface area contributed by atoms with E-state index >= 15 is 0 Å². The van der Waals surface area contributed by atoms with Gasteiger partial charge in [-0.1, -0.05) is 6.92 Å². The minimum atomic E-state index is -4.49. The Labute approximate surface area is 171 Å². The van der Waals surface area contributed by atoms with Crippen LogP contribution in [0.15, 0.2) is 11.2 Å². The van der Waals surface area contributed by atoms with Crippen LogP contribution in [-0.2, 0) is 26.2 Å². The van der Waals surface area contributed by atoms with Crippen LogP contribution in [0.1, 0.15) is 30.9 Å². The first-order valence-electron chi connectivity index (χ1n) is 9.52. The zero-order chi connectivity index (χ0) is 21.0. The van der Waals surface area contributed by atoms with Gasteiger partial charge in [-0.25, -0.2) is 9.98 Å². The maximum Gasteiger partial charge on any atom is 0.435 e. The van der Waals surface area contributed by atoms with Gasteiger partial charge in [0.2, 0.25) is 5.13 Å². The van der Waals surface area contributed by atoms with E-state index in [4.69, 9.17) is 0 Å². The van der Waals surface area contributed by atoms with Crippen LogP contribution in [0.2, 0.25) is 0 Å². The fraction of sp³-hybridized carbons (Fsp3) is 0.647. The number of piperazine rings is 1. The Bertz CT molecular complexity index is 836. The maximum atomic E-state index is 13.2. The number of rotatable bonds is 5. The molecule has 1 fully saturated rings. The maximum absolute atomic E-state index is 13.2. The van der Waals surface area contributed by atoms with Gasteiger partial charge in [0, 0.05) is 69.5 Å². The lowest BCUT2D eigenvalue weighted by Gasteiger charge is -2.36. The van der Waals surface area contributed by atoms with Crippen molar-refractivity contribution in [2.45, 2.75) is 33.0 Å². The molecule has 0 bridgehead atoms. The van der Waals surface area contributed by atoms with Crippen LogP contribution in [0.4, 0.5) is 18.3 Å². The molecule has 3 rings (SSSR count). The van der Waals surface area contributed by atoms with Crippen LogP contribution in [0.5, 0.6) is 0 Å². The van der Waals surface area contributed by atoms with Crippen molar-refractivity contribution in [3.8, 4) is 0 Å². The summed E-state index contributed by atoms with van der Waals surface area (Å²) in [5, 5.41) is 7.63. The quantitative estimate of drug-likeness (QED) is 0.579. The third-order valence-electron chi connectivity index (χ3n) is 4.53. The normalized spacial score (nSPS) is 15.9. The van der Waals surface area contributed by atoms with Crippen LogP contribution < -0.4 is 10.2 Å². The number of aryl methyl sites for hydroxylation is 2. The second kappa shape index (κ2) is 8.97. The summed E-state index contributed by atoms with van der Waals surface area (Å²) in [5.41, 5.74) is -0.817. The summed E-state index contributed by atoms with van der Waals surface area (Å²) >= 11 is 1.40. The first kappa shape index (κ1) is 21.3. The monoisotopic (exact) mass is 430 g/mol. The molecule has 0 atom stereocenters. The van der Waals surface area contributed by atoms with Crippen molar-refractivity contribution in [2.24, 2.45) is 12.0 Å². The fourth-order valence-electron chi connectivity index (χ4n) is 3.10. The van der Waals surface area contributed by atoms with E-state index in [9.17, 15) is 13.2 Å². The standard InChI is InChI=1S/C17H25F3N8S/c1-4-13-23-16(29-25-13)28-8-6-27(7-9-28)15(21-5-2)22-10-12-11-26(3)24-14(12)17(18,19)20/h11H,4-10H2,1-3H3,(H,21,22). The molecule has 8 nitrogen and oxygen atoms in total. The first-order valence-corrected chi connectivity index (χ1v) is 10.3. The molecule has 1 saturated heterocycles. The zero-order valence-corrected chi connectivity index (χ0v) is 17.5. The minimum absolute atomic E-state index is 0.0648. The van der Waals surface area contributed by atoms with Gasteiger partial charge in [0.05, 0.1) is 6.54 Å². The van der Waals surface area contributed by atoms with Crippen LogP contribution in [0.25, 0.3) is 0 Å². The number of aromatic nitrogens is 4. The Kier molecular flexibility index (Phi) is 6.60.